The van der Waals surface area contributed by atoms with E-state index >= 15 is 0 Å². The topological polar surface area (TPSA) is 64.2 Å². The van der Waals surface area contributed by atoms with Crippen molar-refractivity contribution < 1.29 is 4.79 Å². The van der Waals surface area contributed by atoms with E-state index in [0.29, 0.717) is 19.1 Å². The Hall–Kier alpha value is -1.36. The molecule has 1 amide bonds. The lowest BCUT2D eigenvalue weighted by atomic mass is 9.90. The van der Waals surface area contributed by atoms with Crippen molar-refractivity contribution in [3.05, 3.63) is 17.7 Å². The predicted octanol–water partition coefficient (Wildman–Crippen LogP) is 1.19. The summed E-state index contributed by atoms with van der Waals surface area (Å²) < 4.78 is 2.22. The first-order valence-corrected chi connectivity index (χ1v) is 6.72. The number of hydrogen-bond acceptors (Lipinski definition) is 3. The highest BCUT2D eigenvalue weighted by atomic mass is 16.2. The third kappa shape index (κ3) is 1.82. The lowest BCUT2D eigenvalue weighted by molar-refractivity contribution is -0.129. The van der Waals surface area contributed by atoms with Gasteiger partial charge in [-0.25, -0.2) is 4.98 Å². The van der Waals surface area contributed by atoms with E-state index in [1.54, 1.807) is 6.92 Å². The highest BCUT2D eigenvalue weighted by Gasteiger charge is 2.31. The van der Waals surface area contributed by atoms with Crippen LogP contribution in [0.3, 0.4) is 0 Å². The van der Waals surface area contributed by atoms with Gasteiger partial charge in [-0.2, -0.15) is 0 Å². The summed E-state index contributed by atoms with van der Waals surface area (Å²) in [5.74, 6) is 0.118. The molecular formula is C13H20N4O. The van der Waals surface area contributed by atoms with Gasteiger partial charge >= 0.3 is 0 Å². The van der Waals surface area contributed by atoms with Crippen molar-refractivity contribution in [2.24, 2.45) is 5.73 Å². The van der Waals surface area contributed by atoms with Crippen LogP contribution in [0.4, 0.5) is 0 Å². The van der Waals surface area contributed by atoms with Crippen LogP contribution in [-0.2, 0) is 17.9 Å². The van der Waals surface area contributed by atoms with Gasteiger partial charge in [-0.3, -0.25) is 4.79 Å². The van der Waals surface area contributed by atoms with Crippen molar-refractivity contribution in [1.29, 1.82) is 0 Å². The minimum absolute atomic E-state index is 0.118. The van der Waals surface area contributed by atoms with Crippen molar-refractivity contribution in [2.75, 3.05) is 0 Å². The predicted molar refractivity (Wildman–Crippen MR) is 67.6 cm³/mol. The quantitative estimate of drug-likeness (QED) is 0.812. The van der Waals surface area contributed by atoms with Crippen LogP contribution in [0.1, 0.15) is 50.0 Å². The maximum atomic E-state index is 11.4. The summed E-state index contributed by atoms with van der Waals surface area (Å²) in [7, 11) is 0. The van der Waals surface area contributed by atoms with Crippen molar-refractivity contribution in [1.82, 2.24) is 14.5 Å². The molecule has 5 heteroatoms. The first-order valence-electron chi connectivity index (χ1n) is 6.72. The van der Waals surface area contributed by atoms with Crippen LogP contribution in [0.5, 0.6) is 0 Å². The zero-order valence-electron chi connectivity index (χ0n) is 10.8. The molecule has 18 heavy (non-hydrogen) atoms. The molecule has 3 rings (SSSR count). The molecule has 1 aromatic rings. The van der Waals surface area contributed by atoms with Gasteiger partial charge in [0.25, 0.3) is 0 Å². The second-order valence-electron chi connectivity index (χ2n) is 5.44. The Kier molecular flexibility index (Phi) is 2.86. The number of aromatic nitrogens is 2. The minimum atomic E-state index is 0.118. The average molecular weight is 248 g/mol. The average Bonchev–Trinajstić information content (AvgIpc) is 2.89. The van der Waals surface area contributed by atoms with E-state index in [0.717, 1.165) is 18.5 Å². The number of carbonyl (C=O) groups is 1. The van der Waals surface area contributed by atoms with Crippen LogP contribution in [0.2, 0.25) is 0 Å². The monoisotopic (exact) mass is 248 g/mol. The Labute approximate surface area is 107 Å². The van der Waals surface area contributed by atoms with E-state index in [1.807, 2.05) is 11.2 Å². The summed E-state index contributed by atoms with van der Waals surface area (Å²) in [6, 6.07) is 0.588. The highest BCUT2D eigenvalue weighted by molar-refractivity contribution is 5.73. The van der Waals surface area contributed by atoms with E-state index in [4.69, 9.17) is 5.73 Å². The van der Waals surface area contributed by atoms with Crippen LogP contribution in [0.15, 0.2) is 6.33 Å². The lowest BCUT2D eigenvalue weighted by Crippen LogP contribution is -2.35. The van der Waals surface area contributed by atoms with E-state index in [2.05, 4.69) is 9.55 Å². The standard InChI is InChI=1S/C13H20N4O/c1-9(18)16-6-11-13(7-16)17(8-15-11)12-5-3-2-4-10(12)14/h8,10,12H,2-7,14H2,1H3. The second kappa shape index (κ2) is 4.39. The van der Waals surface area contributed by atoms with Gasteiger partial charge in [0.05, 0.1) is 30.8 Å². The number of nitrogens with zero attached hydrogens (tertiary/aromatic N) is 3. The molecule has 2 atom stereocenters. The molecule has 0 radical (unpaired) electrons. The molecule has 2 heterocycles. The molecule has 98 valence electrons. The van der Waals surface area contributed by atoms with Gasteiger partial charge in [0.15, 0.2) is 0 Å². The molecule has 2 unspecified atom stereocenters. The second-order valence-corrected chi connectivity index (χ2v) is 5.44. The lowest BCUT2D eigenvalue weighted by Gasteiger charge is -2.30. The number of nitrogens with two attached hydrogens (primary N) is 1. The third-order valence-corrected chi connectivity index (χ3v) is 4.25. The zero-order valence-corrected chi connectivity index (χ0v) is 10.8. The van der Waals surface area contributed by atoms with E-state index < -0.39 is 0 Å². The van der Waals surface area contributed by atoms with E-state index in [9.17, 15) is 4.79 Å². The molecule has 0 saturated heterocycles. The fourth-order valence-corrected chi connectivity index (χ4v) is 3.14. The van der Waals surface area contributed by atoms with Crippen LogP contribution < -0.4 is 5.73 Å². The van der Waals surface area contributed by atoms with Crippen LogP contribution in [0, 0.1) is 0 Å². The highest BCUT2D eigenvalue weighted by Crippen LogP contribution is 2.32. The number of amides is 1. The maximum Gasteiger partial charge on any atom is 0.220 e. The van der Waals surface area contributed by atoms with Crippen LogP contribution in [0.25, 0.3) is 0 Å². The van der Waals surface area contributed by atoms with Crippen LogP contribution in [-0.4, -0.2) is 26.4 Å². The molecular weight excluding hydrogens is 228 g/mol. The molecule has 1 saturated carbocycles. The van der Waals surface area contributed by atoms with Crippen molar-refractivity contribution >= 4 is 5.91 Å². The van der Waals surface area contributed by atoms with E-state index in [-0.39, 0.29) is 11.9 Å². The summed E-state index contributed by atoms with van der Waals surface area (Å²) in [5, 5.41) is 0. The number of carbonyl (C=O) groups excluding carboxylic acids is 1. The van der Waals surface area contributed by atoms with Gasteiger partial charge in [-0.05, 0) is 12.8 Å². The van der Waals surface area contributed by atoms with Crippen molar-refractivity contribution in [2.45, 2.75) is 57.8 Å². The van der Waals surface area contributed by atoms with Gasteiger partial charge in [-0.15, -0.1) is 0 Å². The molecule has 1 fully saturated rings. The molecule has 0 aromatic carbocycles. The fourth-order valence-electron chi connectivity index (χ4n) is 3.14. The van der Waals surface area contributed by atoms with Crippen molar-refractivity contribution in [3.8, 4) is 0 Å². The summed E-state index contributed by atoms with van der Waals surface area (Å²) in [6.07, 6.45) is 6.60. The fraction of sp³-hybridized carbons (Fsp3) is 0.692. The Bertz CT molecular complexity index is 468. The Balaban J connectivity index is 1.85. The third-order valence-electron chi connectivity index (χ3n) is 4.25. The first-order chi connectivity index (χ1) is 8.66. The maximum absolute atomic E-state index is 11.4. The molecule has 1 aliphatic carbocycles. The SMILES string of the molecule is CC(=O)N1Cc2ncn(C3CCCCC3N)c2C1. The number of imidazole rings is 1. The summed E-state index contributed by atoms with van der Waals surface area (Å²) in [6.45, 7) is 2.95. The Morgan fingerprint density at radius 1 is 1.39 bits per heavy atom. The molecule has 0 bridgehead atoms. The molecule has 5 nitrogen and oxygen atoms in total. The van der Waals surface area contributed by atoms with Gasteiger partial charge in [0.2, 0.25) is 5.91 Å². The largest absolute Gasteiger partial charge is 0.331 e. The molecule has 1 aliphatic heterocycles. The smallest absolute Gasteiger partial charge is 0.220 e. The van der Waals surface area contributed by atoms with E-state index in [1.165, 1.54) is 18.5 Å². The Morgan fingerprint density at radius 3 is 2.89 bits per heavy atom. The summed E-state index contributed by atoms with van der Waals surface area (Å²) in [5.41, 5.74) is 8.46. The molecule has 0 spiro atoms. The van der Waals surface area contributed by atoms with Crippen LogP contribution >= 0.6 is 0 Å². The van der Waals surface area contributed by atoms with Gasteiger partial charge in [0.1, 0.15) is 0 Å². The zero-order chi connectivity index (χ0) is 12.7. The number of rotatable bonds is 1. The number of fused-ring (bicyclic) bond motifs is 1. The minimum Gasteiger partial charge on any atom is -0.331 e. The molecule has 2 N–H and O–H groups in total. The first kappa shape index (κ1) is 11.7. The Morgan fingerprint density at radius 2 is 2.17 bits per heavy atom. The number of hydrogen-bond donors (Lipinski definition) is 1. The van der Waals surface area contributed by atoms with Gasteiger partial charge < -0.3 is 15.2 Å². The summed E-state index contributed by atoms with van der Waals surface area (Å²) >= 11 is 0. The molecule has 1 aromatic heterocycles. The summed E-state index contributed by atoms with van der Waals surface area (Å²) in [4.78, 5) is 17.7. The van der Waals surface area contributed by atoms with Crippen molar-refractivity contribution in [3.63, 3.8) is 0 Å². The van der Waals surface area contributed by atoms with Gasteiger partial charge in [0, 0.05) is 19.0 Å². The normalized spacial score (nSPS) is 27.3. The molecule has 2 aliphatic rings. The van der Waals surface area contributed by atoms with Gasteiger partial charge in [-0.1, -0.05) is 12.8 Å².